The van der Waals surface area contributed by atoms with Gasteiger partial charge in [-0.15, -0.1) is 0 Å². The standard InChI is InChI=1S/C24H23N3O4/c1-16-19(15-20-22(28)25(2)24(30)26(3)23(20)29)18-11-7-8-12-21(18)27(16)13-14-31-17-9-5-4-6-10-17/h4-12,15H,13-14H2,1-3H3. The van der Waals surface area contributed by atoms with Crippen molar-refractivity contribution >= 4 is 34.8 Å². The van der Waals surface area contributed by atoms with Gasteiger partial charge in [-0.2, -0.15) is 0 Å². The lowest BCUT2D eigenvalue weighted by Crippen LogP contribution is -2.52. The molecule has 0 unspecified atom stereocenters. The number of amides is 4. The van der Waals surface area contributed by atoms with E-state index in [1.165, 1.54) is 14.1 Å². The Morgan fingerprint density at radius 3 is 2.16 bits per heavy atom. The zero-order valence-electron chi connectivity index (χ0n) is 17.7. The van der Waals surface area contributed by atoms with E-state index in [2.05, 4.69) is 4.57 Å². The molecular weight excluding hydrogens is 394 g/mol. The molecule has 0 spiro atoms. The molecule has 2 heterocycles. The van der Waals surface area contributed by atoms with E-state index in [0.717, 1.165) is 37.7 Å². The Hall–Kier alpha value is -3.87. The highest BCUT2D eigenvalue weighted by Gasteiger charge is 2.38. The van der Waals surface area contributed by atoms with Gasteiger partial charge in [-0.25, -0.2) is 4.79 Å². The molecule has 0 radical (unpaired) electrons. The zero-order valence-corrected chi connectivity index (χ0v) is 17.7. The van der Waals surface area contributed by atoms with E-state index in [1.54, 1.807) is 6.08 Å². The normalized spacial score (nSPS) is 14.5. The SMILES string of the molecule is Cc1c(C=C2C(=O)N(C)C(=O)N(C)C2=O)c2ccccc2n1CCOc1ccccc1. The van der Waals surface area contributed by atoms with Crippen LogP contribution in [0.4, 0.5) is 4.79 Å². The van der Waals surface area contributed by atoms with Gasteiger partial charge in [0.15, 0.2) is 0 Å². The molecule has 3 aromatic rings. The summed E-state index contributed by atoms with van der Waals surface area (Å²) < 4.78 is 7.96. The van der Waals surface area contributed by atoms with E-state index in [0.29, 0.717) is 13.2 Å². The molecule has 0 aliphatic carbocycles. The first-order valence-electron chi connectivity index (χ1n) is 9.97. The van der Waals surface area contributed by atoms with Gasteiger partial charge < -0.3 is 9.30 Å². The van der Waals surface area contributed by atoms with Gasteiger partial charge in [0.05, 0.1) is 6.54 Å². The second-order valence-electron chi connectivity index (χ2n) is 7.40. The van der Waals surface area contributed by atoms with Crippen molar-refractivity contribution in [1.82, 2.24) is 14.4 Å². The number of hydrogen-bond donors (Lipinski definition) is 0. The molecule has 2 aromatic carbocycles. The van der Waals surface area contributed by atoms with Crippen LogP contribution in [-0.2, 0) is 16.1 Å². The monoisotopic (exact) mass is 417 g/mol. The van der Waals surface area contributed by atoms with Crippen LogP contribution in [0, 0.1) is 6.92 Å². The van der Waals surface area contributed by atoms with Crippen LogP contribution in [0.25, 0.3) is 17.0 Å². The van der Waals surface area contributed by atoms with Crippen LogP contribution < -0.4 is 4.74 Å². The molecular formula is C24H23N3O4. The van der Waals surface area contributed by atoms with E-state index >= 15 is 0 Å². The molecule has 158 valence electrons. The first-order chi connectivity index (χ1) is 14.9. The van der Waals surface area contributed by atoms with Gasteiger partial charge in [0.25, 0.3) is 11.8 Å². The van der Waals surface area contributed by atoms with Gasteiger partial charge in [0.1, 0.15) is 17.9 Å². The molecule has 7 nitrogen and oxygen atoms in total. The quantitative estimate of drug-likeness (QED) is 0.471. The smallest absolute Gasteiger partial charge is 0.333 e. The number of aromatic nitrogens is 1. The lowest BCUT2D eigenvalue weighted by Gasteiger charge is -2.28. The van der Waals surface area contributed by atoms with Crippen molar-refractivity contribution in [3.05, 3.63) is 71.4 Å². The molecule has 0 bridgehead atoms. The molecule has 0 saturated carbocycles. The minimum Gasteiger partial charge on any atom is -0.492 e. The molecule has 31 heavy (non-hydrogen) atoms. The maximum atomic E-state index is 12.6. The summed E-state index contributed by atoms with van der Waals surface area (Å²) in [6.45, 7) is 3.02. The molecule has 1 aromatic heterocycles. The number of hydrogen-bond acceptors (Lipinski definition) is 4. The minimum absolute atomic E-state index is 0.0314. The molecule has 1 aliphatic rings. The minimum atomic E-state index is -0.635. The maximum absolute atomic E-state index is 12.6. The Morgan fingerprint density at radius 2 is 1.48 bits per heavy atom. The van der Waals surface area contributed by atoms with Crippen molar-refractivity contribution in [3.63, 3.8) is 0 Å². The summed E-state index contributed by atoms with van der Waals surface area (Å²) in [4.78, 5) is 39.2. The average molecular weight is 417 g/mol. The van der Waals surface area contributed by atoms with E-state index in [9.17, 15) is 14.4 Å². The number of likely N-dealkylation sites (N-methyl/N-ethyl adjacent to an activating group) is 2. The molecule has 0 atom stereocenters. The number of nitrogens with zero attached hydrogens (tertiary/aromatic N) is 3. The predicted molar refractivity (Wildman–Crippen MR) is 118 cm³/mol. The largest absolute Gasteiger partial charge is 0.492 e. The van der Waals surface area contributed by atoms with E-state index in [-0.39, 0.29) is 5.57 Å². The van der Waals surface area contributed by atoms with Crippen molar-refractivity contribution in [1.29, 1.82) is 0 Å². The Balaban J connectivity index is 1.71. The third-order valence-corrected chi connectivity index (χ3v) is 5.54. The summed E-state index contributed by atoms with van der Waals surface area (Å²) in [5, 5.41) is 0.926. The fraction of sp³-hybridized carbons (Fsp3) is 0.208. The predicted octanol–water partition coefficient (Wildman–Crippen LogP) is 3.46. The van der Waals surface area contributed by atoms with Crippen molar-refractivity contribution in [2.45, 2.75) is 13.5 Å². The van der Waals surface area contributed by atoms with Crippen LogP contribution >= 0.6 is 0 Å². The van der Waals surface area contributed by atoms with Gasteiger partial charge in [0.2, 0.25) is 0 Å². The Morgan fingerprint density at radius 1 is 0.871 bits per heavy atom. The van der Waals surface area contributed by atoms with Crippen LogP contribution in [0.3, 0.4) is 0 Å². The van der Waals surface area contributed by atoms with E-state index < -0.39 is 17.8 Å². The molecule has 7 heteroatoms. The number of benzene rings is 2. The third-order valence-electron chi connectivity index (χ3n) is 5.54. The summed E-state index contributed by atoms with van der Waals surface area (Å²) in [6, 6.07) is 16.8. The van der Waals surface area contributed by atoms with Crippen LogP contribution in [0.2, 0.25) is 0 Å². The summed E-state index contributed by atoms with van der Waals surface area (Å²) in [5.74, 6) is -0.401. The van der Waals surface area contributed by atoms with Crippen LogP contribution in [0.15, 0.2) is 60.2 Å². The highest BCUT2D eigenvalue weighted by atomic mass is 16.5. The fourth-order valence-corrected chi connectivity index (χ4v) is 3.82. The van der Waals surface area contributed by atoms with Gasteiger partial charge in [0, 0.05) is 36.3 Å². The number of imide groups is 2. The van der Waals surface area contributed by atoms with Gasteiger partial charge in [-0.05, 0) is 31.2 Å². The number of barbiturate groups is 1. The average Bonchev–Trinajstić information content (AvgIpc) is 3.05. The molecule has 0 N–H and O–H groups in total. The topological polar surface area (TPSA) is 71.9 Å². The zero-order chi connectivity index (χ0) is 22.1. The summed E-state index contributed by atoms with van der Waals surface area (Å²) in [7, 11) is 2.75. The molecule has 1 saturated heterocycles. The Bertz CT molecular complexity index is 1180. The Labute approximate surface area is 180 Å². The van der Waals surface area contributed by atoms with Crippen LogP contribution in [-0.4, -0.2) is 52.9 Å². The van der Waals surface area contributed by atoms with Gasteiger partial charge >= 0.3 is 6.03 Å². The van der Waals surface area contributed by atoms with E-state index in [1.807, 2.05) is 61.5 Å². The summed E-state index contributed by atoms with van der Waals surface area (Å²) >= 11 is 0. The van der Waals surface area contributed by atoms with Crippen molar-refractivity contribution in [3.8, 4) is 5.75 Å². The summed E-state index contributed by atoms with van der Waals surface area (Å²) in [6.07, 6.45) is 1.59. The second-order valence-corrected chi connectivity index (χ2v) is 7.40. The highest BCUT2D eigenvalue weighted by Crippen LogP contribution is 2.29. The number of rotatable bonds is 5. The van der Waals surface area contributed by atoms with Crippen molar-refractivity contribution in [2.24, 2.45) is 0 Å². The molecule has 1 fully saturated rings. The number of ether oxygens (including phenoxy) is 1. The lowest BCUT2D eigenvalue weighted by atomic mass is 10.0. The number of urea groups is 1. The molecule has 1 aliphatic heterocycles. The van der Waals surface area contributed by atoms with Crippen molar-refractivity contribution < 1.29 is 19.1 Å². The van der Waals surface area contributed by atoms with Crippen LogP contribution in [0.5, 0.6) is 5.75 Å². The number of carbonyl (C=O) groups is 3. The van der Waals surface area contributed by atoms with Crippen molar-refractivity contribution in [2.75, 3.05) is 20.7 Å². The van der Waals surface area contributed by atoms with Crippen LogP contribution in [0.1, 0.15) is 11.3 Å². The second kappa shape index (κ2) is 8.10. The maximum Gasteiger partial charge on any atom is 0.333 e. The van der Waals surface area contributed by atoms with E-state index in [4.69, 9.17) is 4.74 Å². The molecule has 4 amide bonds. The van der Waals surface area contributed by atoms with Gasteiger partial charge in [-0.3, -0.25) is 19.4 Å². The number of para-hydroxylation sites is 2. The first-order valence-corrected chi connectivity index (χ1v) is 9.97. The molecule has 4 rings (SSSR count). The lowest BCUT2D eigenvalue weighted by molar-refractivity contribution is -0.134. The number of fused-ring (bicyclic) bond motifs is 1. The third kappa shape index (κ3) is 3.59. The summed E-state index contributed by atoms with van der Waals surface area (Å²) in [5.41, 5.74) is 2.64. The Kier molecular flexibility index (Phi) is 5.33. The number of carbonyl (C=O) groups excluding carboxylic acids is 3. The highest BCUT2D eigenvalue weighted by molar-refractivity contribution is 6.31. The first kappa shape index (κ1) is 20.4. The fourth-order valence-electron chi connectivity index (χ4n) is 3.82. The van der Waals surface area contributed by atoms with Gasteiger partial charge in [-0.1, -0.05) is 36.4 Å².